The first-order valence-corrected chi connectivity index (χ1v) is 6.78. The fourth-order valence-electron chi connectivity index (χ4n) is 1.45. The van der Waals surface area contributed by atoms with E-state index in [0.29, 0.717) is 15.4 Å². The Morgan fingerprint density at radius 3 is 2.47 bits per heavy atom. The average molecular weight is 429 g/mol. The van der Waals surface area contributed by atoms with Crippen molar-refractivity contribution < 1.29 is 14.6 Å². The van der Waals surface area contributed by atoms with Gasteiger partial charge >= 0.3 is 5.63 Å². The number of hydrogen-bond acceptors (Lipinski definition) is 4. The minimum atomic E-state index is -0.607. The van der Waals surface area contributed by atoms with Gasteiger partial charge in [0, 0.05) is 10.9 Å². The molecule has 0 bridgehead atoms. The number of aliphatic hydroxyl groups is 1. The molecule has 0 amide bonds. The van der Waals surface area contributed by atoms with Crippen LogP contribution in [0.1, 0.15) is 5.56 Å². The second kappa shape index (κ2) is 4.72. The molecule has 0 radical (unpaired) electrons. The Hall–Kier alpha value is -0.370. The highest BCUT2D eigenvalue weighted by Gasteiger charge is 2.17. The smallest absolute Gasteiger partial charge is 0.351 e. The quantitative estimate of drug-likeness (QED) is 0.684. The van der Waals surface area contributed by atoms with Crippen molar-refractivity contribution in [2.24, 2.45) is 0 Å². The van der Waals surface area contributed by atoms with Crippen LogP contribution in [0.4, 0.5) is 0 Å². The minimum Gasteiger partial charge on any atom is -0.505 e. The van der Waals surface area contributed by atoms with Gasteiger partial charge in [0.05, 0.1) is 11.1 Å². The summed E-state index contributed by atoms with van der Waals surface area (Å²) in [5.74, 6) is -0.0631. The van der Waals surface area contributed by atoms with Crippen molar-refractivity contribution >= 4 is 58.8 Å². The van der Waals surface area contributed by atoms with Crippen molar-refractivity contribution in [2.45, 2.75) is 6.61 Å². The SMILES string of the molecule is O=c1oc2c(Br)c(O)c(Br)cc2c(CO)c1Br. The first kappa shape index (κ1) is 13.1. The molecule has 2 N–H and O–H groups in total. The number of hydrogen-bond donors (Lipinski definition) is 2. The van der Waals surface area contributed by atoms with Crippen molar-refractivity contribution in [3.8, 4) is 5.75 Å². The van der Waals surface area contributed by atoms with Gasteiger partial charge in [0.25, 0.3) is 0 Å². The maximum absolute atomic E-state index is 11.5. The van der Waals surface area contributed by atoms with E-state index in [1.54, 1.807) is 6.07 Å². The van der Waals surface area contributed by atoms with Gasteiger partial charge in [-0.3, -0.25) is 0 Å². The van der Waals surface area contributed by atoms with Crippen LogP contribution in [0.5, 0.6) is 5.75 Å². The zero-order chi connectivity index (χ0) is 12.7. The number of aromatic hydroxyl groups is 1. The minimum absolute atomic E-state index is 0.0631. The molecule has 0 atom stereocenters. The third-order valence-electron chi connectivity index (χ3n) is 2.27. The van der Waals surface area contributed by atoms with Crippen LogP contribution in [0, 0.1) is 0 Å². The summed E-state index contributed by atoms with van der Waals surface area (Å²) in [7, 11) is 0. The normalized spacial score (nSPS) is 11.1. The molecular weight excluding hydrogens is 424 g/mol. The Morgan fingerprint density at radius 1 is 1.24 bits per heavy atom. The first-order valence-electron chi connectivity index (χ1n) is 4.40. The van der Waals surface area contributed by atoms with Crippen LogP contribution in [0.15, 0.2) is 28.7 Å². The summed E-state index contributed by atoms with van der Waals surface area (Å²) in [5, 5.41) is 19.5. The van der Waals surface area contributed by atoms with Gasteiger partial charge in [0.15, 0.2) is 5.58 Å². The van der Waals surface area contributed by atoms with Crippen LogP contribution < -0.4 is 5.63 Å². The lowest BCUT2D eigenvalue weighted by Crippen LogP contribution is -2.05. The van der Waals surface area contributed by atoms with E-state index in [1.165, 1.54) is 0 Å². The van der Waals surface area contributed by atoms with E-state index in [-0.39, 0.29) is 26.9 Å². The van der Waals surface area contributed by atoms with Crippen LogP contribution >= 0.6 is 47.8 Å². The summed E-state index contributed by atoms with van der Waals surface area (Å²) in [6.07, 6.45) is 0. The van der Waals surface area contributed by atoms with Crippen molar-refractivity contribution in [3.63, 3.8) is 0 Å². The molecule has 0 aliphatic rings. The second-order valence-corrected chi connectivity index (χ2v) is 5.68. The van der Waals surface area contributed by atoms with Crippen LogP contribution in [-0.4, -0.2) is 10.2 Å². The molecule has 0 saturated heterocycles. The first-order chi connectivity index (χ1) is 7.97. The molecular formula is C10H5Br3O4. The molecule has 2 aromatic rings. The van der Waals surface area contributed by atoms with E-state index in [4.69, 9.17) is 4.42 Å². The largest absolute Gasteiger partial charge is 0.505 e. The highest BCUT2D eigenvalue weighted by Crippen LogP contribution is 2.40. The molecule has 0 aliphatic heterocycles. The summed E-state index contributed by atoms with van der Waals surface area (Å²) >= 11 is 9.39. The van der Waals surface area contributed by atoms with E-state index < -0.39 is 5.63 Å². The van der Waals surface area contributed by atoms with Crippen LogP contribution in [0.3, 0.4) is 0 Å². The topological polar surface area (TPSA) is 70.7 Å². The number of aliphatic hydroxyl groups excluding tert-OH is 1. The number of phenolic OH excluding ortho intramolecular Hbond substituents is 1. The highest BCUT2D eigenvalue weighted by molar-refractivity contribution is 9.11. The third kappa shape index (κ3) is 2.05. The number of benzene rings is 1. The highest BCUT2D eigenvalue weighted by atomic mass is 79.9. The fourth-order valence-corrected chi connectivity index (χ4v) is 3.07. The summed E-state index contributed by atoms with van der Waals surface area (Å²) in [6, 6.07) is 1.58. The lowest BCUT2D eigenvalue weighted by molar-refractivity contribution is 0.281. The molecule has 7 heteroatoms. The van der Waals surface area contributed by atoms with Gasteiger partial charge in [-0.1, -0.05) is 0 Å². The van der Waals surface area contributed by atoms with Crippen LogP contribution in [0.2, 0.25) is 0 Å². The van der Waals surface area contributed by atoms with Crippen molar-refractivity contribution in [2.75, 3.05) is 0 Å². The van der Waals surface area contributed by atoms with Gasteiger partial charge in [-0.2, -0.15) is 0 Å². The van der Waals surface area contributed by atoms with Crippen LogP contribution in [0.25, 0.3) is 11.0 Å². The Kier molecular flexibility index (Phi) is 3.63. The summed E-state index contributed by atoms with van der Waals surface area (Å²) in [5.41, 5.74) is 0.00423. The Balaban J connectivity index is 3.06. The monoisotopic (exact) mass is 426 g/mol. The standard InChI is InChI=1S/C10H5Br3O4/c11-5-1-3-4(2-14)6(12)10(16)17-9(3)7(13)8(5)15/h1,14-15H,2H2. The van der Waals surface area contributed by atoms with Crippen molar-refractivity contribution in [3.05, 3.63) is 35.5 Å². The number of halogens is 3. The number of phenols is 1. The van der Waals surface area contributed by atoms with Gasteiger partial charge in [-0.25, -0.2) is 4.79 Å². The molecule has 17 heavy (non-hydrogen) atoms. The Morgan fingerprint density at radius 2 is 1.88 bits per heavy atom. The van der Waals surface area contributed by atoms with Gasteiger partial charge in [-0.05, 0) is 53.9 Å². The molecule has 0 spiro atoms. The molecule has 0 fully saturated rings. The maximum Gasteiger partial charge on any atom is 0.351 e. The second-order valence-electron chi connectivity index (χ2n) is 3.24. The van der Waals surface area contributed by atoms with E-state index >= 15 is 0 Å². The van der Waals surface area contributed by atoms with E-state index in [9.17, 15) is 15.0 Å². The molecule has 0 saturated carbocycles. The predicted octanol–water partition coefficient (Wildman–Crippen LogP) is 3.28. The van der Waals surface area contributed by atoms with E-state index in [0.717, 1.165) is 0 Å². The zero-order valence-electron chi connectivity index (χ0n) is 8.13. The summed E-state index contributed by atoms with van der Waals surface area (Å²) in [6.45, 7) is -0.313. The lowest BCUT2D eigenvalue weighted by atomic mass is 10.1. The van der Waals surface area contributed by atoms with Gasteiger partial charge in [-0.15, -0.1) is 0 Å². The Labute approximate surface area is 121 Å². The molecule has 2 rings (SSSR count). The molecule has 1 aromatic heterocycles. The third-order valence-corrected chi connectivity index (χ3v) is 4.41. The van der Waals surface area contributed by atoms with Crippen molar-refractivity contribution in [1.29, 1.82) is 0 Å². The molecule has 0 unspecified atom stereocenters. The zero-order valence-corrected chi connectivity index (χ0v) is 12.9. The van der Waals surface area contributed by atoms with E-state index in [2.05, 4.69) is 47.8 Å². The molecule has 90 valence electrons. The van der Waals surface area contributed by atoms with E-state index in [1.807, 2.05) is 0 Å². The van der Waals surface area contributed by atoms with Crippen LogP contribution in [-0.2, 0) is 6.61 Å². The average Bonchev–Trinajstić information content (AvgIpc) is 2.30. The van der Waals surface area contributed by atoms with Gasteiger partial charge < -0.3 is 14.6 Å². The Bertz CT molecular complexity index is 663. The predicted molar refractivity (Wildman–Crippen MR) is 73.2 cm³/mol. The number of rotatable bonds is 1. The molecule has 1 aromatic carbocycles. The molecule has 4 nitrogen and oxygen atoms in total. The molecule has 0 aliphatic carbocycles. The summed E-state index contributed by atoms with van der Waals surface area (Å²) in [4.78, 5) is 11.5. The van der Waals surface area contributed by atoms with Gasteiger partial charge in [0.1, 0.15) is 14.7 Å². The number of fused-ring (bicyclic) bond motifs is 1. The lowest BCUT2D eigenvalue weighted by Gasteiger charge is -2.08. The van der Waals surface area contributed by atoms with Crippen molar-refractivity contribution in [1.82, 2.24) is 0 Å². The van der Waals surface area contributed by atoms with Gasteiger partial charge in [0.2, 0.25) is 0 Å². The molecule has 1 heterocycles. The maximum atomic E-state index is 11.5. The summed E-state index contributed by atoms with van der Waals surface area (Å²) < 4.78 is 5.94. The fraction of sp³-hybridized carbons (Fsp3) is 0.100.